The lowest BCUT2D eigenvalue weighted by molar-refractivity contribution is 0.0263. The monoisotopic (exact) mass is 376 g/mol. The van der Waals surface area contributed by atoms with E-state index in [4.69, 9.17) is 8.85 Å². The fraction of sp³-hybridized carbons (Fsp3) is 1.00. The molecule has 0 saturated carbocycles. The van der Waals surface area contributed by atoms with Gasteiger partial charge in [0, 0.05) is 25.0 Å². The Labute approximate surface area is 153 Å². The molecule has 24 heavy (non-hydrogen) atoms. The summed E-state index contributed by atoms with van der Waals surface area (Å²) in [6, 6.07) is 0. The van der Waals surface area contributed by atoms with Gasteiger partial charge in [0.1, 0.15) is 0 Å². The van der Waals surface area contributed by atoms with Crippen molar-refractivity contribution in [3.8, 4) is 0 Å². The lowest BCUT2D eigenvalue weighted by Gasteiger charge is -2.43. The Morgan fingerprint density at radius 2 is 1.21 bits per heavy atom. The minimum atomic E-state index is -1.88. The van der Waals surface area contributed by atoms with Crippen molar-refractivity contribution in [2.24, 2.45) is 11.8 Å². The smallest absolute Gasteiger partial charge is 0.192 e. The molecule has 0 amide bonds. The molecule has 0 heterocycles. The van der Waals surface area contributed by atoms with Crippen LogP contribution in [0.4, 0.5) is 0 Å². The number of rotatable bonds is 8. The fourth-order valence-electron chi connectivity index (χ4n) is 2.07. The molecule has 0 aliphatic carbocycles. The Bertz CT molecular complexity index is 381. The van der Waals surface area contributed by atoms with E-state index in [1.54, 1.807) is 0 Å². The van der Waals surface area contributed by atoms with Gasteiger partial charge in [0.25, 0.3) is 0 Å². The summed E-state index contributed by atoms with van der Waals surface area (Å²) in [6.07, 6.45) is 0.0423. The quantitative estimate of drug-likeness (QED) is 0.555. The largest absolute Gasteiger partial charge is 0.416 e. The second-order valence-electron chi connectivity index (χ2n) is 10.6. The number of hydrogen-bond acceptors (Lipinski definition) is 3. The Morgan fingerprint density at radius 3 is 1.54 bits per heavy atom. The lowest BCUT2D eigenvalue weighted by atomic mass is 9.95. The summed E-state index contributed by atoms with van der Waals surface area (Å²) >= 11 is 0. The van der Waals surface area contributed by atoms with Crippen LogP contribution < -0.4 is 0 Å². The highest BCUT2D eigenvalue weighted by Gasteiger charge is 2.42. The fourth-order valence-corrected chi connectivity index (χ4v) is 4.68. The molecular formula is C19H44O3Si2. The third-order valence-corrected chi connectivity index (χ3v) is 15.1. The van der Waals surface area contributed by atoms with Crippen molar-refractivity contribution in [3.63, 3.8) is 0 Å². The zero-order chi connectivity index (χ0) is 19.6. The van der Waals surface area contributed by atoms with Crippen LogP contribution in [0.5, 0.6) is 0 Å². The summed E-state index contributed by atoms with van der Waals surface area (Å²) in [5.41, 5.74) is 0. The van der Waals surface area contributed by atoms with Gasteiger partial charge in [0.2, 0.25) is 0 Å². The molecule has 0 aromatic rings. The van der Waals surface area contributed by atoms with Gasteiger partial charge in [-0.1, -0.05) is 55.4 Å². The van der Waals surface area contributed by atoms with Crippen molar-refractivity contribution in [1.29, 1.82) is 0 Å². The summed E-state index contributed by atoms with van der Waals surface area (Å²) in [5.74, 6) is 0.396. The lowest BCUT2D eigenvalue weighted by Crippen LogP contribution is -2.49. The molecule has 1 N–H and O–H groups in total. The zero-order valence-electron chi connectivity index (χ0n) is 18.4. The topological polar surface area (TPSA) is 38.7 Å². The number of hydrogen-bond donors (Lipinski definition) is 1. The molecule has 0 aliphatic heterocycles. The molecule has 0 rings (SSSR count). The highest BCUT2D eigenvalue weighted by Crippen LogP contribution is 2.40. The molecule has 0 fully saturated rings. The van der Waals surface area contributed by atoms with Gasteiger partial charge in [-0.15, -0.1) is 0 Å². The first-order valence-electron chi connectivity index (χ1n) is 9.39. The number of aliphatic hydroxyl groups is 1. The van der Waals surface area contributed by atoms with Crippen LogP contribution in [0, 0.1) is 11.8 Å². The predicted molar refractivity (Wildman–Crippen MR) is 111 cm³/mol. The van der Waals surface area contributed by atoms with Crippen LogP contribution in [0.25, 0.3) is 0 Å². The van der Waals surface area contributed by atoms with E-state index in [1.807, 2.05) is 0 Å². The van der Waals surface area contributed by atoms with E-state index in [1.165, 1.54) is 0 Å². The minimum Gasteiger partial charge on any atom is -0.416 e. The van der Waals surface area contributed by atoms with Crippen molar-refractivity contribution < 1.29 is 14.0 Å². The summed E-state index contributed by atoms with van der Waals surface area (Å²) in [7, 11) is -3.64. The van der Waals surface area contributed by atoms with Gasteiger partial charge in [-0.3, -0.25) is 0 Å². The van der Waals surface area contributed by atoms with Crippen LogP contribution >= 0.6 is 0 Å². The maximum atomic E-state index is 9.71. The maximum Gasteiger partial charge on any atom is 0.192 e. The summed E-state index contributed by atoms with van der Waals surface area (Å²) in [5, 5.41) is 10.1. The first kappa shape index (κ1) is 24.3. The van der Waals surface area contributed by atoms with Crippen molar-refractivity contribution in [1.82, 2.24) is 0 Å². The maximum absolute atomic E-state index is 9.71. The molecule has 0 spiro atoms. The first-order valence-corrected chi connectivity index (χ1v) is 15.2. The van der Waals surface area contributed by atoms with E-state index in [9.17, 15) is 5.11 Å². The Kier molecular flexibility index (Phi) is 8.45. The molecule has 0 aromatic carbocycles. The van der Waals surface area contributed by atoms with Gasteiger partial charge in [0.05, 0.1) is 6.10 Å². The molecule has 3 nitrogen and oxygen atoms in total. The van der Waals surface area contributed by atoms with Gasteiger partial charge in [-0.25, -0.2) is 0 Å². The zero-order valence-corrected chi connectivity index (χ0v) is 20.4. The third kappa shape index (κ3) is 6.56. The van der Waals surface area contributed by atoms with E-state index in [-0.39, 0.29) is 34.6 Å². The van der Waals surface area contributed by atoms with E-state index in [2.05, 4.69) is 81.6 Å². The van der Waals surface area contributed by atoms with Gasteiger partial charge >= 0.3 is 0 Å². The first-order chi connectivity index (χ1) is 10.5. The Morgan fingerprint density at radius 1 is 0.792 bits per heavy atom. The Hall–Kier alpha value is 0.314. The van der Waals surface area contributed by atoms with Crippen LogP contribution in [0.3, 0.4) is 0 Å². The SMILES string of the molecule is C[C@@H](CO)[C@H](O[Si](C)(C)C(C)(C)C)[C@@H](C)CO[Si](C)(C)C(C)(C)C. The molecule has 146 valence electrons. The van der Waals surface area contributed by atoms with E-state index in [0.29, 0.717) is 6.61 Å². The predicted octanol–water partition coefficient (Wildman–Crippen LogP) is 5.66. The Balaban J connectivity index is 5.15. The molecule has 5 heteroatoms. The van der Waals surface area contributed by atoms with E-state index < -0.39 is 16.6 Å². The molecule has 0 radical (unpaired) electrons. The standard InChI is InChI=1S/C19H44O3Si2/c1-15(13-20)17(22-24(11,12)19(6,7)8)16(2)14-21-23(9,10)18(3,4)5/h15-17,20H,13-14H2,1-12H3/t15-,16-,17-/m0/s1. The third-order valence-electron chi connectivity index (χ3n) is 6.16. The van der Waals surface area contributed by atoms with Gasteiger partial charge in [-0.2, -0.15) is 0 Å². The van der Waals surface area contributed by atoms with Crippen LogP contribution in [-0.4, -0.2) is 41.1 Å². The molecule has 0 aliphatic rings. The van der Waals surface area contributed by atoms with Gasteiger partial charge in [0.15, 0.2) is 16.6 Å². The molecule has 0 unspecified atom stereocenters. The summed E-state index contributed by atoms with van der Waals surface area (Å²) < 4.78 is 13.1. The normalized spacial score (nSPS) is 18.4. The average Bonchev–Trinajstić information content (AvgIpc) is 2.38. The van der Waals surface area contributed by atoms with E-state index in [0.717, 1.165) is 0 Å². The van der Waals surface area contributed by atoms with Crippen LogP contribution in [0.2, 0.25) is 36.3 Å². The van der Waals surface area contributed by atoms with Crippen LogP contribution in [-0.2, 0) is 8.85 Å². The summed E-state index contributed by atoms with van der Waals surface area (Å²) in [6.45, 7) is 27.9. The molecule has 0 aromatic heterocycles. The van der Waals surface area contributed by atoms with Gasteiger partial charge < -0.3 is 14.0 Å². The van der Waals surface area contributed by atoms with Crippen LogP contribution in [0.15, 0.2) is 0 Å². The average molecular weight is 377 g/mol. The van der Waals surface area contributed by atoms with Crippen molar-refractivity contribution in [3.05, 3.63) is 0 Å². The van der Waals surface area contributed by atoms with Gasteiger partial charge in [-0.05, 0) is 36.3 Å². The second-order valence-corrected chi connectivity index (χ2v) is 20.1. The molecular weight excluding hydrogens is 332 g/mol. The second kappa shape index (κ2) is 8.34. The van der Waals surface area contributed by atoms with Crippen molar-refractivity contribution in [2.75, 3.05) is 13.2 Å². The number of aliphatic hydroxyl groups excluding tert-OH is 1. The van der Waals surface area contributed by atoms with Crippen molar-refractivity contribution in [2.45, 2.75) is 97.8 Å². The summed E-state index contributed by atoms with van der Waals surface area (Å²) in [4.78, 5) is 0. The molecule has 0 saturated heterocycles. The van der Waals surface area contributed by atoms with Crippen molar-refractivity contribution >= 4 is 16.6 Å². The minimum absolute atomic E-state index is 0.0423. The molecule has 0 bridgehead atoms. The van der Waals surface area contributed by atoms with Crippen LogP contribution in [0.1, 0.15) is 55.4 Å². The highest BCUT2D eigenvalue weighted by atomic mass is 28.4. The van der Waals surface area contributed by atoms with E-state index >= 15 is 0 Å². The highest BCUT2D eigenvalue weighted by molar-refractivity contribution is 6.74. The molecule has 3 atom stereocenters.